The predicted molar refractivity (Wildman–Crippen MR) is 80.4 cm³/mol. The Hall–Kier alpha value is -2.55. The minimum Gasteiger partial charge on any atom is -0.496 e. The molecule has 1 aliphatic heterocycles. The van der Waals surface area contributed by atoms with Crippen LogP contribution in [-0.4, -0.2) is 19.2 Å². The molecule has 2 aromatic carbocycles. The van der Waals surface area contributed by atoms with Gasteiger partial charge < -0.3 is 9.47 Å². The topological polar surface area (TPSA) is 35.5 Å². The zero-order chi connectivity index (χ0) is 14.7. The molecule has 1 aliphatic rings. The largest absolute Gasteiger partial charge is 0.496 e. The lowest BCUT2D eigenvalue weighted by Gasteiger charge is -2.13. The highest BCUT2D eigenvalue weighted by molar-refractivity contribution is 6.19. The van der Waals surface area contributed by atoms with Crippen molar-refractivity contribution >= 4 is 11.5 Å². The number of rotatable bonds is 4. The molecule has 0 fully saturated rings. The summed E-state index contributed by atoms with van der Waals surface area (Å²) < 4.78 is 11.0. The molecule has 3 nitrogen and oxygen atoms in total. The number of benzene rings is 2. The molecule has 0 amide bonds. The van der Waals surface area contributed by atoms with E-state index in [1.54, 1.807) is 7.11 Å². The quantitative estimate of drug-likeness (QED) is 0.807. The van der Waals surface area contributed by atoms with Crippen LogP contribution in [0.5, 0.6) is 0 Å². The fourth-order valence-corrected chi connectivity index (χ4v) is 2.56. The molecular formula is C18H16O3. The molecule has 1 heterocycles. The normalized spacial score (nSPS) is 17.8. The third kappa shape index (κ3) is 2.68. The van der Waals surface area contributed by atoms with Gasteiger partial charge in [0.25, 0.3) is 0 Å². The second-order valence-electron chi connectivity index (χ2n) is 4.89. The Bertz CT molecular complexity index is 659. The number of esters is 1. The maximum atomic E-state index is 12.2. The van der Waals surface area contributed by atoms with Crippen LogP contribution in [0.15, 0.2) is 66.4 Å². The minimum atomic E-state index is -0.361. The van der Waals surface area contributed by atoms with E-state index in [4.69, 9.17) is 9.47 Å². The van der Waals surface area contributed by atoms with Crippen molar-refractivity contribution < 1.29 is 14.3 Å². The van der Waals surface area contributed by atoms with E-state index >= 15 is 0 Å². The summed E-state index contributed by atoms with van der Waals surface area (Å²) >= 11 is 0. The summed E-state index contributed by atoms with van der Waals surface area (Å²) in [6, 6.07) is 19.4. The van der Waals surface area contributed by atoms with Gasteiger partial charge in [-0.3, -0.25) is 0 Å². The van der Waals surface area contributed by atoms with Crippen molar-refractivity contribution in [3.8, 4) is 0 Å². The molecule has 0 N–H and O–H groups in total. The Morgan fingerprint density at radius 2 is 1.62 bits per heavy atom. The summed E-state index contributed by atoms with van der Waals surface area (Å²) in [4.78, 5) is 12.2. The van der Waals surface area contributed by atoms with E-state index < -0.39 is 0 Å². The lowest BCUT2D eigenvalue weighted by molar-refractivity contribution is -0.138. The fraction of sp³-hybridized carbons (Fsp3) is 0.167. The summed E-state index contributed by atoms with van der Waals surface area (Å²) in [5.74, 6) is 0.286. The Labute approximate surface area is 123 Å². The first kappa shape index (κ1) is 13.4. The van der Waals surface area contributed by atoms with E-state index in [0.717, 1.165) is 11.1 Å². The van der Waals surface area contributed by atoms with Crippen LogP contribution in [0.4, 0.5) is 0 Å². The zero-order valence-electron chi connectivity index (χ0n) is 11.8. The second-order valence-corrected chi connectivity index (χ2v) is 4.89. The minimum absolute atomic E-state index is 0.320. The number of carbonyl (C=O) groups excluding carboxylic acids is 1. The van der Waals surface area contributed by atoms with E-state index in [9.17, 15) is 4.79 Å². The van der Waals surface area contributed by atoms with Gasteiger partial charge in [0.2, 0.25) is 0 Å². The molecule has 3 rings (SSSR count). The predicted octanol–water partition coefficient (Wildman–Crippen LogP) is 3.21. The highest BCUT2D eigenvalue weighted by Gasteiger charge is 2.36. The molecule has 1 unspecified atom stereocenters. The summed E-state index contributed by atoms with van der Waals surface area (Å²) in [6.45, 7) is 0. The number of hydrogen-bond donors (Lipinski definition) is 0. The smallest absolute Gasteiger partial charge is 0.343 e. The molecule has 106 valence electrons. The molecule has 0 spiro atoms. The first-order valence-corrected chi connectivity index (χ1v) is 6.88. The SMILES string of the molecule is COC1=C(c2ccccc2)C(=O)OC1Cc1ccccc1. The molecule has 0 saturated carbocycles. The standard InChI is InChI=1S/C18H16O3/c1-20-17-15(12-13-8-4-2-5-9-13)21-18(19)16(17)14-10-6-3-7-11-14/h2-11,15H,12H2,1H3. The Morgan fingerprint density at radius 1 is 1.00 bits per heavy atom. The molecule has 0 radical (unpaired) electrons. The Balaban J connectivity index is 1.94. The van der Waals surface area contributed by atoms with Crippen LogP contribution in [-0.2, 0) is 20.7 Å². The lowest BCUT2D eigenvalue weighted by atomic mass is 10.0. The van der Waals surface area contributed by atoms with Crippen molar-refractivity contribution in [3.63, 3.8) is 0 Å². The van der Waals surface area contributed by atoms with E-state index in [2.05, 4.69) is 0 Å². The maximum absolute atomic E-state index is 12.2. The van der Waals surface area contributed by atoms with Crippen molar-refractivity contribution in [3.05, 3.63) is 77.5 Å². The van der Waals surface area contributed by atoms with Crippen molar-refractivity contribution in [2.45, 2.75) is 12.5 Å². The summed E-state index contributed by atoms with van der Waals surface area (Å²) in [7, 11) is 1.58. The van der Waals surface area contributed by atoms with Gasteiger partial charge >= 0.3 is 5.97 Å². The molecule has 0 aromatic heterocycles. The van der Waals surface area contributed by atoms with Crippen LogP contribution < -0.4 is 0 Å². The second kappa shape index (κ2) is 5.83. The summed E-state index contributed by atoms with van der Waals surface area (Å²) in [6.07, 6.45) is 0.256. The van der Waals surface area contributed by atoms with E-state index in [-0.39, 0.29) is 12.1 Å². The van der Waals surface area contributed by atoms with Crippen LogP contribution >= 0.6 is 0 Å². The molecule has 2 aromatic rings. The molecule has 0 bridgehead atoms. The average Bonchev–Trinajstić information content (AvgIpc) is 2.84. The molecule has 3 heteroatoms. The van der Waals surface area contributed by atoms with Gasteiger partial charge in [0, 0.05) is 6.42 Å². The van der Waals surface area contributed by atoms with Crippen molar-refractivity contribution in [2.75, 3.05) is 7.11 Å². The van der Waals surface area contributed by atoms with Crippen molar-refractivity contribution in [1.29, 1.82) is 0 Å². The number of ether oxygens (including phenoxy) is 2. The van der Waals surface area contributed by atoms with Gasteiger partial charge in [0.15, 0.2) is 11.9 Å². The van der Waals surface area contributed by atoms with Gasteiger partial charge in [-0.1, -0.05) is 60.7 Å². The number of cyclic esters (lactones) is 1. The molecular weight excluding hydrogens is 264 g/mol. The molecule has 0 aliphatic carbocycles. The zero-order valence-corrected chi connectivity index (χ0v) is 11.8. The fourth-order valence-electron chi connectivity index (χ4n) is 2.56. The summed E-state index contributed by atoms with van der Waals surface area (Å²) in [5, 5.41) is 0. The molecule has 0 saturated heterocycles. The van der Waals surface area contributed by atoms with Crippen molar-refractivity contribution in [2.24, 2.45) is 0 Å². The van der Waals surface area contributed by atoms with Crippen LogP contribution in [0, 0.1) is 0 Å². The van der Waals surface area contributed by atoms with Gasteiger partial charge in [-0.25, -0.2) is 4.79 Å². The maximum Gasteiger partial charge on any atom is 0.343 e. The molecule has 21 heavy (non-hydrogen) atoms. The van der Waals surface area contributed by atoms with Gasteiger partial charge in [0.05, 0.1) is 7.11 Å². The highest BCUT2D eigenvalue weighted by atomic mass is 16.6. The lowest BCUT2D eigenvalue weighted by Crippen LogP contribution is -2.15. The first-order chi connectivity index (χ1) is 10.3. The number of hydrogen-bond acceptors (Lipinski definition) is 3. The number of methoxy groups -OCH3 is 1. The van der Waals surface area contributed by atoms with Gasteiger partial charge in [-0.15, -0.1) is 0 Å². The van der Waals surface area contributed by atoms with Crippen LogP contribution in [0.3, 0.4) is 0 Å². The number of carbonyl (C=O) groups is 1. The average molecular weight is 280 g/mol. The highest BCUT2D eigenvalue weighted by Crippen LogP contribution is 2.32. The van der Waals surface area contributed by atoms with Gasteiger partial charge in [0.1, 0.15) is 5.57 Å². The van der Waals surface area contributed by atoms with Crippen LogP contribution in [0.1, 0.15) is 11.1 Å². The summed E-state index contributed by atoms with van der Waals surface area (Å²) in [5.41, 5.74) is 2.47. The van der Waals surface area contributed by atoms with Crippen LogP contribution in [0.2, 0.25) is 0 Å². The van der Waals surface area contributed by atoms with Crippen molar-refractivity contribution in [1.82, 2.24) is 0 Å². The van der Waals surface area contributed by atoms with Gasteiger partial charge in [-0.05, 0) is 11.1 Å². The van der Waals surface area contributed by atoms with E-state index in [0.29, 0.717) is 17.8 Å². The third-order valence-electron chi connectivity index (χ3n) is 3.54. The first-order valence-electron chi connectivity index (χ1n) is 6.88. The van der Waals surface area contributed by atoms with E-state index in [1.807, 2.05) is 60.7 Å². The van der Waals surface area contributed by atoms with Gasteiger partial charge in [-0.2, -0.15) is 0 Å². The molecule has 1 atom stereocenters. The van der Waals surface area contributed by atoms with E-state index in [1.165, 1.54) is 0 Å². The third-order valence-corrected chi connectivity index (χ3v) is 3.54. The Morgan fingerprint density at radius 3 is 2.24 bits per heavy atom. The monoisotopic (exact) mass is 280 g/mol. The Kier molecular flexibility index (Phi) is 3.73. The van der Waals surface area contributed by atoms with Crippen LogP contribution in [0.25, 0.3) is 5.57 Å².